The van der Waals surface area contributed by atoms with Crippen molar-refractivity contribution in [3.05, 3.63) is 89.4 Å². The molecular weight excluding hydrogens is 460 g/mol. The molecule has 1 aliphatic rings. The monoisotopic (exact) mass is 484 g/mol. The van der Waals surface area contributed by atoms with Crippen LogP contribution in [0, 0.1) is 5.92 Å². The van der Waals surface area contributed by atoms with Crippen LogP contribution in [0.5, 0.6) is 11.5 Å². The molecule has 0 aliphatic carbocycles. The normalized spacial score (nSPS) is 15.2. The SMILES string of the molecule is O=C(Nc1ccc(Oc2ccccc2)cc1)C1CCN(S(=O)(=O)Cc2ccccc2Cl)CC1. The van der Waals surface area contributed by atoms with Crippen molar-refractivity contribution in [2.45, 2.75) is 18.6 Å². The minimum absolute atomic E-state index is 0.102. The fourth-order valence-electron chi connectivity index (χ4n) is 3.77. The molecule has 0 atom stereocenters. The van der Waals surface area contributed by atoms with Gasteiger partial charge in [-0.2, -0.15) is 0 Å². The molecule has 4 rings (SSSR count). The van der Waals surface area contributed by atoms with Gasteiger partial charge in [-0.25, -0.2) is 12.7 Å². The number of rotatable bonds is 7. The van der Waals surface area contributed by atoms with Crippen molar-refractivity contribution >= 4 is 33.2 Å². The molecule has 0 unspecified atom stereocenters. The van der Waals surface area contributed by atoms with E-state index in [1.807, 2.05) is 30.3 Å². The highest BCUT2D eigenvalue weighted by Gasteiger charge is 2.31. The van der Waals surface area contributed by atoms with Crippen LogP contribution in [0.1, 0.15) is 18.4 Å². The summed E-state index contributed by atoms with van der Waals surface area (Å²) in [5.74, 6) is 0.939. The van der Waals surface area contributed by atoms with Crippen LogP contribution in [-0.2, 0) is 20.6 Å². The smallest absolute Gasteiger partial charge is 0.227 e. The number of carbonyl (C=O) groups is 1. The highest BCUT2D eigenvalue weighted by atomic mass is 35.5. The Kier molecular flexibility index (Phi) is 7.33. The largest absolute Gasteiger partial charge is 0.457 e. The molecular formula is C25H25ClN2O4S. The van der Waals surface area contributed by atoms with E-state index in [0.29, 0.717) is 48.0 Å². The summed E-state index contributed by atoms with van der Waals surface area (Å²) in [5.41, 5.74) is 1.26. The van der Waals surface area contributed by atoms with E-state index in [4.69, 9.17) is 16.3 Å². The number of sulfonamides is 1. The number of piperidine rings is 1. The number of nitrogens with zero attached hydrogens (tertiary/aromatic N) is 1. The first kappa shape index (κ1) is 23.3. The Morgan fingerprint density at radius 3 is 2.18 bits per heavy atom. The third-order valence-electron chi connectivity index (χ3n) is 5.61. The maximum Gasteiger partial charge on any atom is 0.227 e. The number of amides is 1. The van der Waals surface area contributed by atoms with Crippen LogP contribution in [0.3, 0.4) is 0 Å². The maximum absolute atomic E-state index is 12.8. The zero-order valence-corrected chi connectivity index (χ0v) is 19.6. The van der Waals surface area contributed by atoms with E-state index < -0.39 is 10.0 Å². The van der Waals surface area contributed by atoms with Gasteiger partial charge in [0.1, 0.15) is 11.5 Å². The molecule has 6 nitrogen and oxygen atoms in total. The molecule has 0 saturated carbocycles. The van der Waals surface area contributed by atoms with Gasteiger partial charge in [0.2, 0.25) is 15.9 Å². The van der Waals surface area contributed by atoms with Gasteiger partial charge in [-0.1, -0.05) is 48.0 Å². The van der Waals surface area contributed by atoms with E-state index >= 15 is 0 Å². The minimum Gasteiger partial charge on any atom is -0.457 e. The van der Waals surface area contributed by atoms with Gasteiger partial charge in [-0.05, 0) is 60.9 Å². The Balaban J connectivity index is 1.29. The Labute approximate surface area is 199 Å². The number of benzene rings is 3. The van der Waals surface area contributed by atoms with Crippen LogP contribution in [0.4, 0.5) is 5.69 Å². The number of para-hydroxylation sites is 1. The van der Waals surface area contributed by atoms with Crippen molar-refractivity contribution in [2.75, 3.05) is 18.4 Å². The number of ether oxygens (including phenoxy) is 1. The van der Waals surface area contributed by atoms with Gasteiger partial charge in [0.25, 0.3) is 0 Å². The molecule has 3 aromatic carbocycles. The summed E-state index contributed by atoms with van der Waals surface area (Å²) < 4.78 is 32.8. The standard InChI is InChI=1S/C25H25ClN2O4S/c26-24-9-5-4-6-20(24)18-33(30,31)28-16-14-19(15-17-28)25(29)27-21-10-12-23(13-11-21)32-22-7-2-1-3-8-22/h1-13,19H,14-18H2,(H,27,29). The third-order valence-corrected chi connectivity index (χ3v) is 7.81. The lowest BCUT2D eigenvalue weighted by Crippen LogP contribution is -2.41. The van der Waals surface area contributed by atoms with Gasteiger partial charge in [-0.3, -0.25) is 4.79 Å². The van der Waals surface area contributed by atoms with Crippen molar-refractivity contribution in [1.82, 2.24) is 4.31 Å². The van der Waals surface area contributed by atoms with E-state index in [-0.39, 0.29) is 17.6 Å². The first-order chi connectivity index (χ1) is 15.9. The van der Waals surface area contributed by atoms with Crippen molar-refractivity contribution in [3.8, 4) is 11.5 Å². The van der Waals surface area contributed by atoms with Crippen molar-refractivity contribution in [3.63, 3.8) is 0 Å². The van der Waals surface area contributed by atoms with Gasteiger partial charge in [-0.15, -0.1) is 0 Å². The average molecular weight is 485 g/mol. The molecule has 0 bridgehead atoms. The van der Waals surface area contributed by atoms with Crippen LogP contribution in [0.25, 0.3) is 0 Å². The molecule has 3 aromatic rings. The number of hydrogen-bond acceptors (Lipinski definition) is 4. The minimum atomic E-state index is -3.49. The molecule has 0 aromatic heterocycles. The highest BCUT2D eigenvalue weighted by molar-refractivity contribution is 7.88. The fourth-order valence-corrected chi connectivity index (χ4v) is 5.65. The summed E-state index contributed by atoms with van der Waals surface area (Å²) in [5, 5.41) is 3.36. The first-order valence-electron chi connectivity index (χ1n) is 10.8. The molecule has 1 amide bonds. The molecule has 1 aliphatic heterocycles. The number of carbonyl (C=O) groups excluding carboxylic acids is 1. The van der Waals surface area contributed by atoms with Gasteiger partial charge < -0.3 is 10.1 Å². The Hall–Kier alpha value is -2.87. The zero-order chi connectivity index (χ0) is 23.3. The Morgan fingerprint density at radius 2 is 1.52 bits per heavy atom. The van der Waals surface area contributed by atoms with Crippen molar-refractivity contribution in [1.29, 1.82) is 0 Å². The summed E-state index contributed by atoms with van der Waals surface area (Å²) in [4.78, 5) is 12.7. The molecule has 0 radical (unpaired) electrons. The molecule has 8 heteroatoms. The molecule has 1 heterocycles. The number of nitrogens with one attached hydrogen (secondary N) is 1. The lowest BCUT2D eigenvalue weighted by molar-refractivity contribution is -0.120. The summed E-state index contributed by atoms with van der Waals surface area (Å²) in [6.07, 6.45) is 0.950. The second-order valence-electron chi connectivity index (χ2n) is 7.95. The molecule has 33 heavy (non-hydrogen) atoms. The average Bonchev–Trinajstić information content (AvgIpc) is 2.82. The lowest BCUT2D eigenvalue weighted by Gasteiger charge is -2.30. The summed E-state index contributed by atoms with van der Waals surface area (Å²) >= 11 is 6.12. The number of halogens is 1. The van der Waals surface area contributed by atoms with E-state index in [1.165, 1.54) is 4.31 Å². The second kappa shape index (κ2) is 10.4. The zero-order valence-electron chi connectivity index (χ0n) is 18.0. The molecule has 1 saturated heterocycles. The van der Waals surface area contributed by atoms with Crippen LogP contribution in [0.15, 0.2) is 78.9 Å². The van der Waals surface area contributed by atoms with Gasteiger partial charge >= 0.3 is 0 Å². The van der Waals surface area contributed by atoms with Gasteiger partial charge in [0, 0.05) is 29.7 Å². The third kappa shape index (κ3) is 6.13. The Morgan fingerprint density at radius 1 is 0.909 bits per heavy atom. The lowest BCUT2D eigenvalue weighted by atomic mass is 9.97. The van der Waals surface area contributed by atoms with Crippen molar-refractivity contribution in [2.24, 2.45) is 5.92 Å². The molecule has 172 valence electrons. The van der Waals surface area contributed by atoms with Gasteiger partial charge in [0.15, 0.2) is 0 Å². The van der Waals surface area contributed by atoms with Crippen molar-refractivity contribution < 1.29 is 17.9 Å². The van der Waals surface area contributed by atoms with E-state index in [2.05, 4.69) is 5.32 Å². The summed E-state index contributed by atoms with van der Waals surface area (Å²) in [6.45, 7) is 0.628. The first-order valence-corrected chi connectivity index (χ1v) is 12.7. The fraction of sp³-hybridized carbons (Fsp3) is 0.240. The summed E-state index contributed by atoms with van der Waals surface area (Å²) in [6, 6.07) is 23.6. The van der Waals surface area contributed by atoms with E-state index in [9.17, 15) is 13.2 Å². The Bertz CT molecular complexity index is 1190. The van der Waals surface area contributed by atoms with Crippen LogP contribution in [0.2, 0.25) is 5.02 Å². The molecule has 0 spiro atoms. The number of hydrogen-bond donors (Lipinski definition) is 1. The summed E-state index contributed by atoms with van der Waals surface area (Å²) in [7, 11) is -3.49. The van der Waals surface area contributed by atoms with E-state index in [0.717, 1.165) is 5.75 Å². The number of anilines is 1. The van der Waals surface area contributed by atoms with Crippen LogP contribution < -0.4 is 10.1 Å². The molecule has 1 N–H and O–H groups in total. The topological polar surface area (TPSA) is 75.7 Å². The quantitative estimate of drug-likeness (QED) is 0.493. The van der Waals surface area contributed by atoms with Crippen LogP contribution in [-0.4, -0.2) is 31.7 Å². The van der Waals surface area contributed by atoms with E-state index in [1.54, 1.807) is 48.5 Å². The van der Waals surface area contributed by atoms with Gasteiger partial charge in [0.05, 0.1) is 5.75 Å². The predicted octanol–water partition coefficient (Wildman–Crippen LogP) is 5.31. The molecule has 1 fully saturated rings. The second-order valence-corrected chi connectivity index (χ2v) is 10.3. The maximum atomic E-state index is 12.8. The van der Waals surface area contributed by atoms with Crippen LogP contribution >= 0.6 is 11.6 Å². The predicted molar refractivity (Wildman–Crippen MR) is 130 cm³/mol. The highest BCUT2D eigenvalue weighted by Crippen LogP contribution is 2.26.